The summed E-state index contributed by atoms with van der Waals surface area (Å²) >= 11 is 1.88. The second kappa shape index (κ2) is 22.4. The number of aliphatic hydroxyl groups is 14. The minimum absolute atomic E-state index is 0.206. The van der Waals surface area contributed by atoms with Gasteiger partial charge < -0.3 is 111 Å². The molecule has 16 N–H and O–H groups in total. The Hall–Kier alpha value is -2.72. The maximum atomic E-state index is 12.8. The summed E-state index contributed by atoms with van der Waals surface area (Å²) in [4.78, 5) is 26.4. The van der Waals surface area contributed by atoms with Crippen LogP contribution in [-0.2, 0) is 38.0 Å². The fraction of sp³-hybridized carbons (Fsp3) is 0.632. The summed E-state index contributed by atoms with van der Waals surface area (Å²) in [7, 11) is 0. The van der Waals surface area contributed by atoms with E-state index in [1.165, 1.54) is 48.5 Å². The SMILES string of the molecule is O=C(Nc1ccc(S[C@@H]2O[C@H](CO)[C@@H](O[C@@H]3O[C@H](CO)[C@@H](O)[C@H](O)[C@H]3O)[C@H](O)[C@H]2O)cc1)C(=O)Nc1ccc(S[C@@H]2O[C@H](CO)[C@@H](O[C@@H]3O[C@H](CO)[C@@H](O)[C@H](O)[C@H]3O)[C@H](O)[C@H]2O)cc1. The molecule has 358 valence electrons. The molecule has 2 aromatic rings. The Morgan fingerprint density at radius 3 is 1.08 bits per heavy atom. The third-order valence-corrected chi connectivity index (χ3v) is 13.2. The lowest BCUT2D eigenvalue weighted by Crippen LogP contribution is -2.64. The van der Waals surface area contributed by atoms with Crippen LogP contribution >= 0.6 is 23.5 Å². The Kier molecular flexibility index (Phi) is 17.7. The number of carbonyl (C=O) groups is 2. The second-order valence-corrected chi connectivity index (χ2v) is 17.5. The van der Waals surface area contributed by atoms with Gasteiger partial charge in [-0.05, 0) is 48.5 Å². The number of ether oxygens (including phenoxy) is 6. The number of nitrogens with one attached hydrogen (secondary N) is 2. The summed E-state index contributed by atoms with van der Waals surface area (Å²) in [5, 5.41) is 148. The largest absolute Gasteiger partial charge is 0.394 e. The van der Waals surface area contributed by atoms with Crippen LogP contribution in [0.2, 0.25) is 0 Å². The molecule has 0 radical (unpaired) electrons. The Morgan fingerprint density at radius 2 is 0.766 bits per heavy atom. The van der Waals surface area contributed by atoms with Crippen LogP contribution in [0.4, 0.5) is 11.4 Å². The zero-order valence-electron chi connectivity index (χ0n) is 33.3. The van der Waals surface area contributed by atoms with Crippen LogP contribution < -0.4 is 10.6 Å². The smallest absolute Gasteiger partial charge is 0.314 e. The Bertz CT molecular complexity index is 1690. The monoisotopic (exact) mass is 952 g/mol. The number of carbonyl (C=O) groups excluding carboxylic acids is 2. The van der Waals surface area contributed by atoms with Crippen molar-refractivity contribution in [2.45, 2.75) is 131 Å². The van der Waals surface area contributed by atoms with Gasteiger partial charge in [0.1, 0.15) is 109 Å². The quantitative estimate of drug-likeness (QED) is 0.0783. The first-order chi connectivity index (χ1) is 30.5. The van der Waals surface area contributed by atoms with Gasteiger partial charge in [0, 0.05) is 21.2 Å². The van der Waals surface area contributed by atoms with E-state index in [-0.39, 0.29) is 11.4 Å². The van der Waals surface area contributed by atoms with Crippen molar-refractivity contribution >= 4 is 46.7 Å². The number of aliphatic hydroxyl groups excluding tert-OH is 14. The number of rotatable bonds is 14. The number of benzene rings is 2. The van der Waals surface area contributed by atoms with Crippen LogP contribution in [0.25, 0.3) is 0 Å². The predicted molar refractivity (Wildman–Crippen MR) is 215 cm³/mol. The summed E-state index contributed by atoms with van der Waals surface area (Å²) in [6.45, 7) is -2.90. The molecule has 2 amide bonds. The van der Waals surface area contributed by atoms with Crippen molar-refractivity contribution in [3.05, 3.63) is 48.5 Å². The maximum Gasteiger partial charge on any atom is 0.314 e. The van der Waals surface area contributed by atoms with E-state index in [1.807, 2.05) is 0 Å². The predicted octanol–water partition coefficient (Wildman–Crippen LogP) is -6.30. The Balaban J connectivity index is 0.971. The van der Waals surface area contributed by atoms with E-state index in [9.17, 15) is 81.1 Å². The van der Waals surface area contributed by atoms with Gasteiger partial charge in [-0.15, -0.1) is 0 Å². The van der Waals surface area contributed by atoms with Crippen molar-refractivity contribution in [2.75, 3.05) is 37.1 Å². The zero-order chi connectivity index (χ0) is 46.6. The third kappa shape index (κ3) is 11.3. The van der Waals surface area contributed by atoms with E-state index in [4.69, 9.17) is 28.4 Å². The van der Waals surface area contributed by atoms with E-state index < -0.39 is 159 Å². The van der Waals surface area contributed by atoms with Gasteiger partial charge >= 0.3 is 11.8 Å². The lowest BCUT2D eigenvalue weighted by Gasteiger charge is -2.46. The number of hydrogen-bond acceptors (Lipinski definition) is 24. The highest BCUT2D eigenvalue weighted by Crippen LogP contribution is 2.38. The summed E-state index contributed by atoms with van der Waals surface area (Å²) in [5.74, 6) is -2.07. The molecule has 0 aliphatic carbocycles. The van der Waals surface area contributed by atoms with Gasteiger partial charge in [0.2, 0.25) is 0 Å². The molecule has 0 aromatic heterocycles. The first kappa shape index (κ1) is 50.7. The second-order valence-electron chi connectivity index (χ2n) is 15.2. The van der Waals surface area contributed by atoms with Crippen molar-refractivity contribution < 1.29 is 110 Å². The average molecular weight is 953 g/mol. The first-order valence-corrected chi connectivity index (χ1v) is 21.6. The van der Waals surface area contributed by atoms with E-state index in [1.54, 1.807) is 0 Å². The zero-order valence-corrected chi connectivity index (χ0v) is 35.0. The number of amides is 2. The molecule has 26 heteroatoms. The number of anilines is 2. The highest BCUT2D eigenvalue weighted by Gasteiger charge is 2.52. The lowest BCUT2D eigenvalue weighted by molar-refractivity contribution is -0.338. The standard InChI is InChI=1S/C38H52N2O22S2/c41-9-17-21(45)23(47)27(51)35(57-17)61-31-19(11-43)59-37(29(53)25(31)49)63-15-5-1-13(2-6-15)39-33(55)34(56)40-14-3-7-16(8-4-14)64-38-30(54)26(50)32(20(12-44)60-38)62-36-28(52)24(48)22(46)18(10-42)58-36/h1-8,17-32,35-38,41-54H,9-12H2,(H,39,55)(H,40,56)/t17-,18-,19-,20-,21-,22-,23+,24+,25-,26-,27-,28-,29-,30-,31-,32-,35+,36+,37+,38+/m1/s1. The van der Waals surface area contributed by atoms with E-state index in [0.717, 1.165) is 23.5 Å². The van der Waals surface area contributed by atoms with Crippen molar-refractivity contribution in [3.8, 4) is 0 Å². The van der Waals surface area contributed by atoms with E-state index in [2.05, 4.69) is 10.6 Å². The molecule has 2 aromatic carbocycles. The van der Waals surface area contributed by atoms with Crippen LogP contribution in [0.1, 0.15) is 0 Å². The van der Waals surface area contributed by atoms with Gasteiger partial charge in [-0.2, -0.15) is 0 Å². The average Bonchev–Trinajstić information content (AvgIpc) is 3.29. The normalized spacial score (nSPS) is 40.4. The fourth-order valence-electron chi connectivity index (χ4n) is 7.18. The molecule has 0 unspecified atom stereocenters. The first-order valence-electron chi connectivity index (χ1n) is 19.8. The lowest BCUT2D eigenvalue weighted by atomic mass is 9.97. The molecule has 0 bridgehead atoms. The van der Waals surface area contributed by atoms with Crippen LogP contribution in [-0.4, -0.2) is 231 Å². The molecule has 6 rings (SSSR count). The minimum atomic E-state index is -1.81. The van der Waals surface area contributed by atoms with Crippen LogP contribution in [0.5, 0.6) is 0 Å². The molecule has 64 heavy (non-hydrogen) atoms. The highest BCUT2D eigenvalue weighted by molar-refractivity contribution is 8.00. The van der Waals surface area contributed by atoms with Crippen molar-refractivity contribution in [1.29, 1.82) is 0 Å². The van der Waals surface area contributed by atoms with Gasteiger partial charge in [0.25, 0.3) is 0 Å². The topological polar surface area (TPSA) is 397 Å². The molecule has 4 saturated heterocycles. The highest BCUT2D eigenvalue weighted by atomic mass is 32.2. The van der Waals surface area contributed by atoms with E-state index in [0.29, 0.717) is 9.79 Å². The van der Waals surface area contributed by atoms with Gasteiger partial charge in [-0.25, -0.2) is 0 Å². The Labute approximate surface area is 371 Å². The summed E-state index contributed by atoms with van der Waals surface area (Å²) in [6.07, 6.45) is -28.6. The summed E-state index contributed by atoms with van der Waals surface area (Å²) in [5.41, 5.74) is -1.92. The van der Waals surface area contributed by atoms with Crippen LogP contribution in [0.3, 0.4) is 0 Å². The maximum absolute atomic E-state index is 12.8. The van der Waals surface area contributed by atoms with Gasteiger partial charge in [0.05, 0.1) is 26.4 Å². The van der Waals surface area contributed by atoms with Crippen molar-refractivity contribution in [3.63, 3.8) is 0 Å². The van der Waals surface area contributed by atoms with Crippen molar-refractivity contribution in [2.24, 2.45) is 0 Å². The molecule has 4 aliphatic heterocycles. The molecule has 4 fully saturated rings. The summed E-state index contributed by atoms with van der Waals surface area (Å²) in [6, 6.07) is 11.9. The van der Waals surface area contributed by atoms with Gasteiger partial charge in [-0.3, -0.25) is 9.59 Å². The molecule has 0 saturated carbocycles. The molecule has 0 spiro atoms. The molecule has 24 nitrogen and oxygen atoms in total. The minimum Gasteiger partial charge on any atom is -0.394 e. The summed E-state index contributed by atoms with van der Waals surface area (Å²) < 4.78 is 33.4. The van der Waals surface area contributed by atoms with Gasteiger partial charge in [-0.1, -0.05) is 23.5 Å². The van der Waals surface area contributed by atoms with Gasteiger partial charge in [0.15, 0.2) is 12.6 Å². The molecular formula is C38H52N2O22S2. The molecule has 4 heterocycles. The van der Waals surface area contributed by atoms with Crippen LogP contribution in [0, 0.1) is 0 Å². The third-order valence-electron chi connectivity index (χ3n) is 10.9. The molecule has 20 atom stereocenters. The van der Waals surface area contributed by atoms with Crippen LogP contribution in [0.15, 0.2) is 58.3 Å². The number of thioether (sulfide) groups is 2. The molecule has 4 aliphatic rings. The van der Waals surface area contributed by atoms with Crippen molar-refractivity contribution in [1.82, 2.24) is 0 Å². The Morgan fingerprint density at radius 1 is 0.438 bits per heavy atom. The number of hydrogen-bond donors (Lipinski definition) is 16. The fourth-order valence-corrected chi connectivity index (χ4v) is 9.30. The van der Waals surface area contributed by atoms with E-state index >= 15 is 0 Å². The molecular weight excluding hydrogens is 901 g/mol.